The van der Waals surface area contributed by atoms with Gasteiger partial charge < -0.3 is 4.74 Å². The van der Waals surface area contributed by atoms with Gasteiger partial charge in [0.15, 0.2) is 0 Å². The third-order valence-electron chi connectivity index (χ3n) is 4.06. The predicted molar refractivity (Wildman–Crippen MR) is 84.8 cm³/mol. The van der Waals surface area contributed by atoms with Gasteiger partial charge in [0, 0.05) is 19.8 Å². The van der Waals surface area contributed by atoms with Gasteiger partial charge in [0.1, 0.15) is 0 Å². The Hall–Kier alpha value is -0.910. The summed E-state index contributed by atoms with van der Waals surface area (Å²) >= 11 is 0. The Bertz CT molecular complexity index is 510. The number of hydrogen-bond donors (Lipinski definition) is 1. The summed E-state index contributed by atoms with van der Waals surface area (Å²) in [5.41, 5.74) is 1.25. The van der Waals surface area contributed by atoms with Gasteiger partial charge in [0.25, 0.3) is 0 Å². The molecular formula is C16H25NO3S. The van der Waals surface area contributed by atoms with E-state index in [0.29, 0.717) is 25.7 Å². The molecule has 1 aliphatic heterocycles. The Morgan fingerprint density at radius 3 is 2.57 bits per heavy atom. The number of rotatable bonds is 7. The van der Waals surface area contributed by atoms with Crippen molar-refractivity contribution in [3.05, 3.63) is 35.9 Å². The van der Waals surface area contributed by atoms with Crippen LogP contribution in [0.3, 0.4) is 0 Å². The van der Waals surface area contributed by atoms with E-state index in [1.807, 2.05) is 18.2 Å². The van der Waals surface area contributed by atoms with Gasteiger partial charge in [-0.2, -0.15) is 0 Å². The van der Waals surface area contributed by atoms with E-state index in [1.54, 1.807) is 0 Å². The maximum absolute atomic E-state index is 12.1. The van der Waals surface area contributed by atoms with E-state index < -0.39 is 10.0 Å². The Morgan fingerprint density at radius 2 is 1.90 bits per heavy atom. The second-order valence-corrected chi connectivity index (χ2v) is 7.68. The van der Waals surface area contributed by atoms with E-state index in [4.69, 9.17) is 4.74 Å². The quantitative estimate of drug-likeness (QED) is 0.842. The summed E-state index contributed by atoms with van der Waals surface area (Å²) in [7, 11) is -3.16. The molecular weight excluding hydrogens is 286 g/mol. The summed E-state index contributed by atoms with van der Waals surface area (Å²) < 4.78 is 32.1. The lowest BCUT2D eigenvalue weighted by molar-refractivity contribution is 0.0723. The van der Waals surface area contributed by atoms with Crippen molar-refractivity contribution in [2.24, 2.45) is 5.92 Å². The van der Waals surface area contributed by atoms with Crippen molar-refractivity contribution < 1.29 is 13.2 Å². The molecule has 0 amide bonds. The van der Waals surface area contributed by atoms with E-state index in [0.717, 1.165) is 19.3 Å². The largest absolute Gasteiger partial charge is 0.381 e. The summed E-state index contributed by atoms with van der Waals surface area (Å²) in [5, 5.41) is 0. The zero-order chi connectivity index (χ0) is 15.1. The molecule has 0 spiro atoms. The topological polar surface area (TPSA) is 55.4 Å². The zero-order valence-corrected chi connectivity index (χ0v) is 13.4. The molecule has 4 nitrogen and oxygen atoms in total. The first-order valence-corrected chi connectivity index (χ1v) is 9.32. The monoisotopic (exact) mass is 311 g/mol. The average molecular weight is 311 g/mol. The van der Waals surface area contributed by atoms with E-state index in [-0.39, 0.29) is 11.7 Å². The Labute approximate surface area is 127 Å². The summed E-state index contributed by atoms with van der Waals surface area (Å²) in [4.78, 5) is 0. The molecule has 0 radical (unpaired) electrons. The number of ether oxygens (including phenoxy) is 1. The SMILES string of the molecule is C[C@@H](CCNS(=O)(=O)CC1CCOCC1)c1ccccc1. The van der Waals surface area contributed by atoms with Gasteiger partial charge in [-0.05, 0) is 36.7 Å². The number of sulfonamides is 1. The lowest BCUT2D eigenvalue weighted by Crippen LogP contribution is -2.33. The van der Waals surface area contributed by atoms with Crippen LogP contribution in [-0.2, 0) is 14.8 Å². The second kappa shape index (κ2) is 7.92. The highest BCUT2D eigenvalue weighted by Crippen LogP contribution is 2.19. The van der Waals surface area contributed by atoms with Crippen LogP contribution in [0.5, 0.6) is 0 Å². The first kappa shape index (κ1) is 16.5. The molecule has 1 aliphatic rings. The summed E-state index contributed by atoms with van der Waals surface area (Å²) in [6.07, 6.45) is 2.51. The molecule has 1 atom stereocenters. The fraction of sp³-hybridized carbons (Fsp3) is 0.625. The van der Waals surface area contributed by atoms with Crippen LogP contribution in [-0.4, -0.2) is 33.9 Å². The van der Waals surface area contributed by atoms with Gasteiger partial charge >= 0.3 is 0 Å². The lowest BCUT2D eigenvalue weighted by Gasteiger charge is -2.22. The molecule has 21 heavy (non-hydrogen) atoms. The Balaban J connectivity index is 1.74. The number of benzene rings is 1. The van der Waals surface area contributed by atoms with Crippen molar-refractivity contribution in [2.75, 3.05) is 25.5 Å². The molecule has 1 N–H and O–H groups in total. The van der Waals surface area contributed by atoms with Gasteiger partial charge in [-0.25, -0.2) is 13.1 Å². The molecule has 1 aromatic rings. The van der Waals surface area contributed by atoms with Crippen LogP contribution in [0.15, 0.2) is 30.3 Å². The van der Waals surface area contributed by atoms with Crippen LogP contribution in [0.25, 0.3) is 0 Å². The molecule has 1 fully saturated rings. The van der Waals surface area contributed by atoms with Gasteiger partial charge in [0.05, 0.1) is 5.75 Å². The zero-order valence-electron chi connectivity index (χ0n) is 12.6. The predicted octanol–water partition coefficient (Wildman–Crippen LogP) is 2.53. The van der Waals surface area contributed by atoms with Crippen LogP contribution in [0.4, 0.5) is 0 Å². The lowest BCUT2D eigenvalue weighted by atomic mass is 9.98. The van der Waals surface area contributed by atoms with Crippen LogP contribution in [0, 0.1) is 5.92 Å². The van der Waals surface area contributed by atoms with E-state index in [1.165, 1.54) is 5.56 Å². The fourth-order valence-corrected chi connectivity index (χ4v) is 4.16. The Morgan fingerprint density at radius 1 is 1.24 bits per heavy atom. The van der Waals surface area contributed by atoms with Crippen molar-refractivity contribution in [2.45, 2.75) is 32.1 Å². The molecule has 1 heterocycles. The van der Waals surface area contributed by atoms with Crippen molar-refractivity contribution in [3.63, 3.8) is 0 Å². The molecule has 0 bridgehead atoms. The average Bonchev–Trinajstić information content (AvgIpc) is 2.48. The van der Waals surface area contributed by atoms with E-state index in [9.17, 15) is 8.42 Å². The summed E-state index contributed by atoms with van der Waals surface area (Å²) in [6.45, 7) is 4.00. The fourth-order valence-electron chi connectivity index (χ4n) is 2.66. The van der Waals surface area contributed by atoms with Gasteiger partial charge in [-0.1, -0.05) is 37.3 Å². The van der Waals surface area contributed by atoms with Crippen LogP contribution < -0.4 is 4.72 Å². The highest BCUT2D eigenvalue weighted by molar-refractivity contribution is 7.89. The van der Waals surface area contributed by atoms with Crippen molar-refractivity contribution in [1.29, 1.82) is 0 Å². The van der Waals surface area contributed by atoms with Crippen LogP contribution in [0.1, 0.15) is 37.7 Å². The highest BCUT2D eigenvalue weighted by atomic mass is 32.2. The molecule has 0 saturated carbocycles. The summed E-state index contributed by atoms with van der Waals surface area (Å²) in [6, 6.07) is 10.2. The third-order valence-corrected chi connectivity index (χ3v) is 5.62. The standard InChI is InChI=1S/C16H25NO3S/c1-14(16-5-3-2-4-6-16)7-10-17-21(18,19)13-15-8-11-20-12-9-15/h2-6,14-15,17H,7-13H2,1H3/t14-/m0/s1. The second-order valence-electron chi connectivity index (χ2n) is 5.83. The van der Waals surface area contributed by atoms with Gasteiger partial charge in [-0.3, -0.25) is 0 Å². The molecule has 0 aromatic heterocycles. The molecule has 2 rings (SSSR count). The third kappa shape index (κ3) is 5.77. The Kier molecular flexibility index (Phi) is 6.21. The van der Waals surface area contributed by atoms with Crippen molar-refractivity contribution in [1.82, 2.24) is 4.72 Å². The maximum Gasteiger partial charge on any atom is 0.211 e. The molecule has 1 saturated heterocycles. The first-order valence-electron chi connectivity index (χ1n) is 7.67. The molecule has 0 unspecified atom stereocenters. The normalized spacial score (nSPS) is 18.5. The molecule has 118 valence electrons. The van der Waals surface area contributed by atoms with Crippen molar-refractivity contribution in [3.8, 4) is 0 Å². The molecule has 5 heteroatoms. The minimum atomic E-state index is -3.16. The first-order chi connectivity index (χ1) is 10.1. The molecule has 0 aliphatic carbocycles. The molecule has 1 aromatic carbocycles. The summed E-state index contributed by atoms with van der Waals surface area (Å²) in [5.74, 6) is 0.829. The minimum absolute atomic E-state index is 0.232. The van der Waals surface area contributed by atoms with Crippen LogP contribution in [0.2, 0.25) is 0 Å². The smallest absolute Gasteiger partial charge is 0.211 e. The van der Waals surface area contributed by atoms with Crippen LogP contribution >= 0.6 is 0 Å². The number of nitrogens with one attached hydrogen (secondary N) is 1. The van der Waals surface area contributed by atoms with Gasteiger partial charge in [0.2, 0.25) is 10.0 Å². The van der Waals surface area contributed by atoms with E-state index >= 15 is 0 Å². The van der Waals surface area contributed by atoms with E-state index in [2.05, 4.69) is 23.8 Å². The highest BCUT2D eigenvalue weighted by Gasteiger charge is 2.21. The maximum atomic E-state index is 12.1. The van der Waals surface area contributed by atoms with Gasteiger partial charge in [-0.15, -0.1) is 0 Å². The van der Waals surface area contributed by atoms with Crippen molar-refractivity contribution >= 4 is 10.0 Å². The number of hydrogen-bond acceptors (Lipinski definition) is 3. The minimum Gasteiger partial charge on any atom is -0.381 e.